The Balaban J connectivity index is 2.31. The van der Waals surface area contributed by atoms with Crippen LogP contribution >= 0.6 is 11.8 Å². The summed E-state index contributed by atoms with van der Waals surface area (Å²) in [5.74, 6) is -0.756. The molecule has 0 radical (unpaired) electrons. The van der Waals surface area contributed by atoms with Crippen molar-refractivity contribution in [1.82, 2.24) is 0 Å². The van der Waals surface area contributed by atoms with Gasteiger partial charge in [-0.1, -0.05) is 70.8 Å². The van der Waals surface area contributed by atoms with Crippen LogP contribution in [0, 0.1) is 0 Å². The highest BCUT2D eigenvalue weighted by molar-refractivity contribution is 8.00. The molecular formula is C22H34O3S. The number of carboxylic acids is 1. The van der Waals surface area contributed by atoms with Gasteiger partial charge in [0.1, 0.15) is 0 Å². The fraction of sp³-hybridized carbons (Fsp3) is 0.636. The molecule has 0 amide bonds. The van der Waals surface area contributed by atoms with Gasteiger partial charge in [-0.3, -0.25) is 9.59 Å². The number of unbranched alkanes of at least 4 members (excludes halogenated alkanes) is 9. The maximum absolute atomic E-state index is 11.9. The molecule has 146 valence electrons. The number of hydrogen-bond donors (Lipinski definition) is 1. The van der Waals surface area contributed by atoms with E-state index >= 15 is 0 Å². The largest absolute Gasteiger partial charge is 0.481 e. The Hall–Kier alpha value is -1.29. The van der Waals surface area contributed by atoms with Crippen molar-refractivity contribution in [2.75, 3.05) is 5.75 Å². The quantitative estimate of drug-likeness (QED) is 0.214. The summed E-state index contributed by atoms with van der Waals surface area (Å²) < 4.78 is 0. The average molecular weight is 379 g/mol. The number of carbonyl (C=O) groups excluding carboxylic acids is 1. The molecule has 1 N–H and O–H groups in total. The van der Waals surface area contributed by atoms with E-state index in [1.54, 1.807) is 6.92 Å². The second-order valence-corrected chi connectivity index (χ2v) is 8.04. The molecule has 0 aromatic heterocycles. The molecule has 0 aliphatic heterocycles. The highest BCUT2D eigenvalue weighted by Crippen LogP contribution is 2.23. The lowest BCUT2D eigenvalue weighted by Gasteiger charge is -2.09. The maximum atomic E-state index is 11.9. The van der Waals surface area contributed by atoms with Gasteiger partial charge in [0.25, 0.3) is 0 Å². The van der Waals surface area contributed by atoms with Gasteiger partial charge in [-0.2, -0.15) is 0 Å². The second kappa shape index (κ2) is 13.9. The molecule has 0 aliphatic carbocycles. The molecule has 0 heterocycles. The van der Waals surface area contributed by atoms with Crippen molar-refractivity contribution in [1.29, 1.82) is 0 Å². The van der Waals surface area contributed by atoms with Crippen molar-refractivity contribution >= 4 is 23.5 Å². The highest BCUT2D eigenvalue weighted by atomic mass is 32.2. The Kier molecular flexibility index (Phi) is 12.1. The molecule has 0 atom stereocenters. The summed E-state index contributed by atoms with van der Waals surface area (Å²) in [6.45, 7) is 3.84. The molecule has 1 rings (SSSR count). The van der Waals surface area contributed by atoms with Crippen LogP contribution in [0.2, 0.25) is 0 Å². The predicted molar refractivity (Wildman–Crippen MR) is 110 cm³/mol. The molecule has 0 saturated heterocycles. The minimum Gasteiger partial charge on any atom is -0.481 e. The zero-order valence-corrected chi connectivity index (χ0v) is 17.2. The summed E-state index contributed by atoms with van der Waals surface area (Å²) >= 11 is 1.26. The van der Waals surface area contributed by atoms with Gasteiger partial charge in [0.15, 0.2) is 5.78 Å². The van der Waals surface area contributed by atoms with Gasteiger partial charge in [-0.05, 0) is 37.5 Å². The number of ketones is 1. The van der Waals surface area contributed by atoms with Gasteiger partial charge in [0.2, 0.25) is 0 Å². The highest BCUT2D eigenvalue weighted by Gasteiger charge is 2.09. The molecule has 0 aliphatic rings. The summed E-state index contributed by atoms with van der Waals surface area (Å²) in [6.07, 6.45) is 14.0. The first kappa shape index (κ1) is 22.8. The third kappa shape index (κ3) is 10.0. The lowest BCUT2D eigenvalue weighted by molar-refractivity contribution is -0.133. The van der Waals surface area contributed by atoms with Crippen molar-refractivity contribution < 1.29 is 14.7 Å². The van der Waals surface area contributed by atoms with Gasteiger partial charge in [-0.15, -0.1) is 11.8 Å². The molecule has 26 heavy (non-hydrogen) atoms. The first-order chi connectivity index (χ1) is 12.5. The summed E-state index contributed by atoms with van der Waals surface area (Å²) in [7, 11) is 0. The van der Waals surface area contributed by atoms with E-state index in [1.807, 2.05) is 18.2 Å². The topological polar surface area (TPSA) is 54.4 Å². The van der Waals surface area contributed by atoms with Crippen molar-refractivity contribution in [3.8, 4) is 0 Å². The predicted octanol–water partition coefficient (Wildman–Crippen LogP) is 6.53. The lowest BCUT2D eigenvalue weighted by atomic mass is 9.98. The number of hydrogen-bond acceptors (Lipinski definition) is 3. The molecular weight excluding hydrogens is 344 g/mol. The van der Waals surface area contributed by atoms with Crippen LogP contribution in [0.1, 0.15) is 94.0 Å². The van der Waals surface area contributed by atoms with Crippen molar-refractivity contribution in [3.63, 3.8) is 0 Å². The summed E-state index contributed by atoms with van der Waals surface area (Å²) in [5.41, 5.74) is 1.84. The average Bonchev–Trinajstić information content (AvgIpc) is 2.61. The van der Waals surface area contributed by atoms with E-state index in [0.717, 1.165) is 28.9 Å². The Morgan fingerprint density at radius 1 is 0.923 bits per heavy atom. The van der Waals surface area contributed by atoms with Gasteiger partial charge < -0.3 is 5.11 Å². The minimum absolute atomic E-state index is 0.0230. The molecule has 0 saturated carbocycles. The Labute approximate surface area is 163 Å². The summed E-state index contributed by atoms with van der Waals surface area (Å²) in [6, 6.07) is 5.78. The fourth-order valence-corrected chi connectivity index (χ4v) is 3.79. The van der Waals surface area contributed by atoms with Crippen LogP contribution in [0.4, 0.5) is 0 Å². The molecule has 1 aromatic rings. The van der Waals surface area contributed by atoms with Crippen LogP contribution in [0.15, 0.2) is 23.1 Å². The van der Waals surface area contributed by atoms with Crippen LogP contribution in [0.5, 0.6) is 0 Å². The van der Waals surface area contributed by atoms with Crippen molar-refractivity contribution in [2.24, 2.45) is 0 Å². The van der Waals surface area contributed by atoms with Crippen LogP contribution in [-0.2, 0) is 11.2 Å². The van der Waals surface area contributed by atoms with E-state index in [2.05, 4.69) is 6.92 Å². The van der Waals surface area contributed by atoms with E-state index in [1.165, 1.54) is 69.5 Å². The molecule has 0 fully saturated rings. The number of carbonyl (C=O) groups is 2. The Morgan fingerprint density at radius 3 is 2.04 bits per heavy atom. The zero-order valence-electron chi connectivity index (χ0n) is 16.4. The lowest BCUT2D eigenvalue weighted by Crippen LogP contribution is -2.02. The SMILES string of the molecule is CCCCCCCCCCCCc1ccc(SCC(=O)O)cc1C(C)=O. The normalized spacial score (nSPS) is 10.8. The first-order valence-electron chi connectivity index (χ1n) is 10.0. The Morgan fingerprint density at radius 2 is 1.50 bits per heavy atom. The third-order valence-electron chi connectivity index (χ3n) is 4.62. The monoisotopic (exact) mass is 378 g/mol. The smallest absolute Gasteiger partial charge is 0.313 e. The van der Waals surface area contributed by atoms with Gasteiger partial charge >= 0.3 is 5.97 Å². The van der Waals surface area contributed by atoms with E-state index in [-0.39, 0.29) is 11.5 Å². The Bertz CT molecular complexity index is 554. The number of thioether (sulfide) groups is 1. The molecule has 1 aromatic carbocycles. The first-order valence-corrected chi connectivity index (χ1v) is 11.0. The number of Topliss-reactive ketones (excluding diaryl/α,β-unsaturated/α-hetero) is 1. The van der Waals surface area contributed by atoms with Gasteiger partial charge in [0.05, 0.1) is 5.75 Å². The maximum Gasteiger partial charge on any atom is 0.313 e. The molecule has 0 bridgehead atoms. The number of benzene rings is 1. The van der Waals surface area contributed by atoms with E-state index in [9.17, 15) is 9.59 Å². The summed E-state index contributed by atoms with van der Waals surface area (Å²) in [5, 5.41) is 8.78. The van der Waals surface area contributed by atoms with Crippen LogP contribution < -0.4 is 0 Å². The minimum atomic E-state index is -0.839. The standard InChI is InChI=1S/C22H34O3S/c1-3-4-5-6-7-8-9-10-11-12-13-19-14-15-20(26-17-22(24)25)16-21(19)18(2)23/h14-16H,3-13,17H2,1-2H3,(H,24,25). The van der Waals surface area contributed by atoms with Crippen LogP contribution in [0.25, 0.3) is 0 Å². The summed E-state index contributed by atoms with van der Waals surface area (Å²) in [4.78, 5) is 23.5. The molecule has 0 spiro atoms. The number of aliphatic carboxylic acids is 1. The van der Waals surface area contributed by atoms with E-state index in [4.69, 9.17) is 5.11 Å². The van der Waals surface area contributed by atoms with E-state index < -0.39 is 5.97 Å². The van der Waals surface area contributed by atoms with E-state index in [0.29, 0.717) is 0 Å². The molecule has 4 heteroatoms. The van der Waals surface area contributed by atoms with Crippen molar-refractivity contribution in [3.05, 3.63) is 29.3 Å². The second-order valence-electron chi connectivity index (χ2n) is 6.99. The number of aryl methyl sites for hydroxylation is 1. The third-order valence-corrected chi connectivity index (χ3v) is 5.60. The zero-order chi connectivity index (χ0) is 19.2. The van der Waals surface area contributed by atoms with Crippen LogP contribution in [0.3, 0.4) is 0 Å². The van der Waals surface area contributed by atoms with Gasteiger partial charge in [-0.25, -0.2) is 0 Å². The van der Waals surface area contributed by atoms with Crippen LogP contribution in [-0.4, -0.2) is 22.6 Å². The fourth-order valence-electron chi connectivity index (χ4n) is 3.14. The van der Waals surface area contributed by atoms with Crippen molar-refractivity contribution in [2.45, 2.75) is 89.4 Å². The molecule has 0 unspecified atom stereocenters. The number of rotatable bonds is 15. The van der Waals surface area contributed by atoms with Gasteiger partial charge in [0, 0.05) is 10.5 Å². The number of carboxylic acid groups (broad SMARTS) is 1. The molecule has 3 nitrogen and oxygen atoms in total.